The van der Waals surface area contributed by atoms with E-state index < -0.39 is 5.91 Å². The lowest BCUT2D eigenvalue weighted by Gasteiger charge is -1.93. The molecule has 0 aromatic carbocycles. The van der Waals surface area contributed by atoms with Crippen molar-refractivity contribution in [3.63, 3.8) is 0 Å². The Morgan fingerprint density at radius 3 is 3.15 bits per heavy atom. The average molecular weight is 269 g/mol. The molecule has 0 aliphatic carbocycles. The van der Waals surface area contributed by atoms with Crippen molar-refractivity contribution in [1.82, 2.24) is 20.4 Å². The predicted molar refractivity (Wildman–Crippen MR) is 72.4 cm³/mol. The number of fused-ring (bicyclic) bond motifs is 1. The fourth-order valence-corrected chi connectivity index (χ4v) is 1.72. The second-order valence-corrected chi connectivity index (χ2v) is 4.13. The van der Waals surface area contributed by atoms with Gasteiger partial charge in [-0.2, -0.15) is 5.10 Å². The van der Waals surface area contributed by atoms with Crippen molar-refractivity contribution in [2.45, 2.75) is 6.92 Å². The highest BCUT2D eigenvalue weighted by Gasteiger charge is 2.12. The molecule has 0 fully saturated rings. The molecule has 3 heterocycles. The molecule has 0 aliphatic heterocycles. The van der Waals surface area contributed by atoms with Gasteiger partial charge in [0.2, 0.25) is 5.82 Å². The van der Waals surface area contributed by atoms with Gasteiger partial charge in [-0.05, 0) is 30.7 Å². The molecule has 3 aromatic heterocycles. The van der Waals surface area contributed by atoms with Crippen molar-refractivity contribution in [3.8, 4) is 0 Å². The van der Waals surface area contributed by atoms with Gasteiger partial charge in [-0.25, -0.2) is 15.4 Å². The second-order valence-electron chi connectivity index (χ2n) is 4.13. The van der Waals surface area contributed by atoms with E-state index in [1.54, 1.807) is 18.3 Å². The van der Waals surface area contributed by atoms with Crippen molar-refractivity contribution in [3.05, 3.63) is 47.8 Å². The summed E-state index contributed by atoms with van der Waals surface area (Å²) in [5, 5.41) is 3.78. The van der Waals surface area contributed by atoms with Gasteiger partial charge < -0.3 is 9.40 Å². The number of pyridine rings is 1. The number of amides is 1. The molecule has 7 nitrogen and oxygen atoms in total. The lowest BCUT2D eigenvalue weighted by molar-refractivity contribution is 0.0946. The summed E-state index contributed by atoms with van der Waals surface area (Å²) in [6.07, 6.45) is 4.58. The number of furan rings is 1. The van der Waals surface area contributed by atoms with Crippen molar-refractivity contribution in [2.24, 2.45) is 5.10 Å². The monoisotopic (exact) mass is 269 g/mol. The summed E-state index contributed by atoms with van der Waals surface area (Å²) >= 11 is 0. The van der Waals surface area contributed by atoms with Crippen LogP contribution in [0.15, 0.2) is 40.2 Å². The van der Waals surface area contributed by atoms with Crippen molar-refractivity contribution < 1.29 is 9.21 Å². The Balaban J connectivity index is 1.77. The average Bonchev–Trinajstić information content (AvgIpc) is 3.07. The molecule has 0 unspecified atom stereocenters. The SMILES string of the molecule is Cc1ccnc2nc(C(=O)N/N=C/c3ccco3)[nH]c12. The molecule has 3 rings (SSSR count). The first-order valence-corrected chi connectivity index (χ1v) is 5.92. The van der Waals surface area contributed by atoms with Crippen LogP contribution in [-0.2, 0) is 0 Å². The van der Waals surface area contributed by atoms with Gasteiger partial charge in [0, 0.05) is 6.20 Å². The molecular weight excluding hydrogens is 258 g/mol. The zero-order chi connectivity index (χ0) is 13.9. The molecule has 0 spiro atoms. The van der Waals surface area contributed by atoms with E-state index >= 15 is 0 Å². The molecule has 100 valence electrons. The summed E-state index contributed by atoms with van der Waals surface area (Å²) in [6, 6.07) is 5.30. The molecule has 0 saturated heterocycles. The first kappa shape index (κ1) is 12.1. The summed E-state index contributed by atoms with van der Waals surface area (Å²) in [4.78, 5) is 23.0. The van der Waals surface area contributed by atoms with Gasteiger partial charge in [0.25, 0.3) is 0 Å². The lowest BCUT2D eigenvalue weighted by Crippen LogP contribution is -2.19. The predicted octanol–water partition coefficient (Wildman–Crippen LogP) is 1.62. The van der Waals surface area contributed by atoms with Gasteiger partial charge in [-0.3, -0.25) is 4.79 Å². The molecule has 0 atom stereocenters. The third kappa shape index (κ3) is 2.28. The van der Waals surface area contributed by atoms with Crippen LogP contribution in [-0.4, -0.2) is 27.1 Å². The Bertz CT molecular complexity index is 773. The zero-order valence-electron chi connectivity index (χ0n) is 10.6. The summed E-state index contributed by atoms with van der Waals surface area (Å²) < 4.78 is 5.05. The number of carbonyl (C=O) groups is 1. The number of rotatable bonds is 3. The number of carbonyl (C=O) groups excluding carboxylic acids is 1. The third-order valence-corrected chi connectivity index (χ3v) is 2.72. The van der Waals surface area contributed by atoms with Crippen LogP contribution in [0.2, 0.25) is 0 Å². The Morgan fingerprint density at radius 1 is 1.50 bits per heavy atom. The van der Waals surface area contributed by atoms with Gasteiger partial charge in [0.05, 0.1) is 18.0 Å². The largest absolute Gasteiger partial charge is 0.463 e. The van der Waals surface area contributed by atoms with Gasteiger partial charge >= 0.3 is 5.91 Å². The van der Waals surface area contributed by atoms with Crippen molar-refractivity contribution >= 4 is 23.3 Å². The molecule has 0 saturated carbocycles. The van der Waals surface area contributed by atoms with Crippen LogP contribution < -0.4 is 5.43 Å². The molecule has 0 aliphatic rings. The number of nitrogens with zero attached hydrogens (tertiary/aromatic N) is 3. The van der Waals surface area contributed by atoms with Gasteiger partial charge in [-0.15, -0.1) is 0 Å². The molecule has 2 N–H and O–H groups in total. The van der Waals surface area contributed by atoms with Crippen LogP contribution in [0.1, 0.15) is 21.9 Å². The first-order valence-electron chi connectivity index (χ1n) is 5.92. The fraction of sp³-hybridized carbons (Fsp3) is 0.0769. The smallest absolute Gasteiger partial charge is 0.307 e. The van der Waals surface area contributed by atoms with Gasteiger partial charge in [0.15, 0.2) is 5.65 Å². The minimum absolute atomic E-state index is 0.165. The first-order chi connectivity index (χ1) is 9.74. The van der Waals surface area contributed by atoms with Crippen LogP contribution in [0.3, 0.4) is 0 Å². The van der Waals surface area contributed by atoms with E-state index in [-0.39, 0.29) is 5.82 Å². The van der Waals surface area contributed by atoms with E-state index in [2.05, 4.69) is 25.5 Å². The normalized spacial score (nSPS) is 11.2. The summed E-state index contributed by atoms with van der Waals surface area (Å²) in [7, 11) is 0. The summed E-state index contributed by atoms with van der Waals surface area (Å²) in [5.41, 5.74) is 4.59. The number of aryl methyl sites for hydroxylation is 1. The number of hydrogen-bond acceptors (Lipinski definition) is 5. The maximum absolute atomic E-state index is 11.9. The van der Waals surface area contributed by atoms with Crippen molar-refractivity contribution in [2.75, 3.05) is 0 Å². The molecule has 3 aromatic rings. The molecule has 7 heteroatoms. The quantitative estimate of drug-likeness (QED) is 0.557. The summed E-state index contributed by atoms with van der Waals surface area (Å²) in [5.74, 6) is 0.274. The molecule has 0 bridgehead atoms. The number of hydrazone groups is 1. The maximum atomic E-state index is 11.9. The molecular formula is C13H11N5O2. The van der Waals surface area contributed by atoms with E-state index in [0.29, 0.717) is 11.4 Å². The van der Waals surface area contributed by atoms with Crippen LogP contribution in [0.5, 0.6) is 0 Å². The highest BCUT2D eigenvalue weighted by Crippen LogP contribution is 2.12. The number of H-pyrrole nitrogens is 1. The van der Waals surface area contributed by atoms with Crippen LogP contribution in [0, 0.1) is 6.92 Å². The summed E-state index contributed by atoms with van der Waals surface area (Å²) in [6.45, 7) is 1.92. The van der Waals surface area contributed by atoms with E-state index in [0.717, 1.165) is 11.1 Å². The minimum atomic E-state index is -0.440. The highest BCUT2D eigenvalue weighted by atomic mass is 16.3. The number of nitrogens with one attached hydrogen (secondary N) is 2. The molecule has 0 radical (unpaired) electrons. The Hall–Kier alpha value is -2.96. The highest BCUT2D eigenvalue weighted by molar-refractivity contribution is 5.94. The standard InChI is InChI=1S/C13H11N5O2/c1-8-4-5-14-11-10(8)16-12(17-11)13(19)18-15-7-9-3-2-6-20-9/h2-7H,1H3,(H,18,19)(H,14,16,17)/b15-7+. The Kier molecular flexibility index (Phi) is 3.00. The fourth-order valence-electron chi connectivity index (χ4n) is 1.72. The second kappa shape index (κ2) is 4.96. The van der Waals surface area contributed by atoms with E-state index in [1.165, 1.54) is 12.5 Å². The van der Waals surface area contributed by atoms with Crippen molar-refractivity contribution in [1.29, 1.82) is 0 Å². The Morgan fingerprint density at radius 2 is 2.40 bits per heavy atom. The topological polar surface area (TPSA) is 96.2 Å². The van der Waals surface area contributed by atoms with Gasteiger partial charge in [0.1, 0.15) is 5.76 Å². The number of aromatic nitrogens is 3. The van der Waals surface area contributed by atoms with Gasteiger partial charge in [-0.1, -0.05) is 0 Å². The van der Waals surface area contributed by atoms with Crippen LogP contribution in [0.25, 0.3) is 11.2 Å². The maximum Gasteiger partial charge on any atom is 0.307 e. The Labute approximate surface area is 113 Å². The molecule has 20 heavy (non-hydrogen) atoms. The van der Waals surface area contributed by atoms with E-state index in [4.69, 9.17) is 4.42 Å². The van der Waals surface area contributed by atoms with E-state index in [1.807, 2.05) is 13.0 Å². The van der Waals surface area contributed by atoms with E-state index in [9.17, 15) is 4.79 Å². The zero-order valence-corrected chi connectivity index (χ0v) is 10.6. The number of hydrogen-bond donors (Lipinski definition) is 2. The number of aromatic amines is 1. The lowest BCUT2D eigenvalue weighted by atomic mass is 10.3. The van der Waals surface area contributed by atoms with Crippen LogP contribution in [0.4, 0.5) is 0 Å². The number of imidazole rings is 1. The molecule has 1 amide bonds. The van der Waals surface area contributed by atoms with Crippen LogP contribution >= 0.6 is 0 Å². The minimum Gasteiger partial charge on any atom is -0.463 e. The third-order valence-electron chi connectivity index (χ3n) is 2.72.